The minimum atomic E-state index is -0.322. The molecule has 2 N–H and O–H groups in total. The van der Waals surface area contributed by atoms with Gasteiger partial charge in [0.2, 0.25) is 0 Å². The van der Waals surface area contributed by atoms with Crippen molar-refractivity contribution in [2.24, 2.45) is 0 Å². The van der Waals surface area contributed by atoms with Gasteiger partial charge in [0.05, 0.1) is 10.9 Å². The second kappa shape index (κ2) is 5.36. The van der Waals surface area contributed by atoms with Gasteiger partial charge in [0, 0.05) is 6.42 Å². The molecule has 0 atom stereocenters. The number of nitriles is 1. The minimum absolute atomic E-state index is 0.0182. The van der Waals surface area contributed by atoms with Gasteiger partial charge in [0.25, 0.3) is 5.56 Å². The fourth-order valence-electron chi connectivity index (χ4n) is 1.82. The average molecular weight is 255 g/mol. The molecule has 5 heteroatoms. The molecule has 0 saturated heterocycles. The Balaban J connectivity index is 2.67. The van der Waals surface area contributed by atoms with E-state index in [1.165, 1.54) is 0 Å². The largest absolute Gasteiger partial charge is 0.511 e. The molecule has 19 heavy (non-hydrogen) atoms. The van der Waals surface area contributed by atoms with Crippen molar-refractivity contribution in [1.29, 1.82) is 5.26 Å². The van der Waals surface area contributed by atoms with Crippen LogP contribution in [-0.2, 0) is 0 Å². The van der Waals surface area contributed by atoms with Crippen LogP contribution < -0.4 is 5.56 Å². The second-order valence-corrected chi connectivity index (χ2v) is 4.12. The number of aliphatic hydroxyl groups is 1. The molecule has 0 fully saturated rings. The molecule has 0 amide bonds. The summed E-state index contributed by atoms with van der Waals surface area (Å²) < 4.78 is 0. The number of hydrogen-bond acceptors (Lipinski definition) is 4. The number of para-hydroxylation sites is 1. The topological polar surface area (TPSA) is 89.8 Å². The lowest BCUT2D eigenvalue weighted by Crippen LogP contribution is -2.11. The van der Waals surface area contributed by atoms with Crippen molar-refractivity contribution in [3.8, 4) is 6.07 Å². The minimum Gasteiger partial charge on any atom is -0.511 e. The van der Waals surface area contributed by atoms with E-state index in [1.54, 1.807) is 24.3 Å². The lowest BCUT2D eigenvalue weighted by Gasteiger charge is -2.04. The number of nitrogens with one attached hydrogen (secondary N) is 1. The third-order valence-corrected chi connectivity index (χ3v) is 2.74. The normalized spacial score (nSPS) is 12.0. The average Bonchev–Trinajstić information content (AvgIpc) is 2.40. The van der Waals surface area contributed by atoms with Crippen molar-refractivity contribution in [2.45, 2.75) is 19.8 Å². The number of H-pyrrole nitrogens is 1. The lowest BCUT2D eigenvalue weighted by atomic mass is 10.1. The van der Waals surface area contributed by atoms with E-state index in [9.17, 15) is 9.90 Å². The van der Waals surface area contributed by atoms with Crippen molar-refractivity contribution >= 4 is 16.5 Å². The van der Waals surface area contributed by atoms with Gasteiger partial charge in [-0.3, -0.25) is 4.79 Å². The Morgan fingerprint density at radius 3 is 2.89 bits per heavy atom. The Morgan fingerprint density at radius 1 is 1.47 bits per heavy atom. The van der Waals surface area contributed by atoms with Crippen LogP contribution in [0.15, 0.2) is 34.8 Å². The Hall–Kier alpha value is -2.61. The predicted molar refractivity (Wildman–Crippen MR) is 72.4 cm³/mol. The number of hydrogen-bond donors (Lipinski definition) is 2. The van der Waals surface area contributed by atoms with E-state index < -0.39 is 0 Å². The number of nitrogens with zero attached hydrogens (tertiary/aromatic N) is 2. The van der Waals surface area contributed by atoms with Crippen molar-refractivity contribution in [3.63, 3.8) is 0 Å². The van der Waals surface area contributed by atoms with E-state index in [0.29, 0.717) is 23.7 Å². The van der Waals surface area contributed by atoms with Crippen LogP contribution in [0.4, 0.5) is 0 Å². The fraction of sp³-hybridized carbons (Fsp3) is 0.214. The molecule has 1 heterocycles. The molecule has 0 aliphatic heterocycles. The lowest BCUT2D eigenvalue weighted by molar-refractivity contribution is 0.390. The third-order valence-electron chi connectivity index (χ3n) is 2.74. The molecule has 2 rings (SSSR count). The van der Waals surface area contributed by atoms with Crippen LogP contribution in [0.1, 0.15) is 25.6 Å². The van der Waals surface area contributed by atoms with Gasteiger partial charge >= 0.3 is 0 Å². The van der Waals surface area contributed by atoms with Gasteiger partial charge in [-0.2, -0.15) is 5.26 Å². The second-order valence-electron chi connectivity index (χ2n) is 4.12. The molecule has 0 aliphatic carbocycles. The number of aromatic nitrogens is 2. The molecule has 1 aromatic heterocycles. The molecule has 0 bridgehead atoms. The van der Waals surface area contributed by atoms with E-state index >= 15 is 0 Å². The van der Waals surface area contributed by atoms with Crippen molar-refractivity contribution in [2.75, 3.05) is 0 Å². The number of aliphatic hydroxyl groups excluding tert-OH is 1. The molecule has 0 unspecified atom stereocenters. The maximum atomic E-state index is 11.9. The molecule has 0 spiro atoms. The summed E-state index contributed by atoms with van der Waals surface area (Å²) in [6.45, 7) is 1.89. The Kier molecular flexibility index (Phi) is 3.62. The van der Waals surface area contributed by atoms with E-state index in [4.69, 9.17) is 5.26 Å². The SMILES string of the molecule is CCC/C(O)=C(/C#N)c1nc2ccccc2c(=O)[nH]1. The summed E-state index contributed by atoms with van der Waals surface area (Å²) in [5.74, 6) is 0.0561. The standard InChI is InChI=1S/C14H13N3O2/c1-2-5-12(18)10(8-15)13-16-11-7-4-3-6-9(11)14(19)17-13/h3-4,6-7,18H,2,5H2,1H3,(H,16,17,19)/b12-10+. The Labute approximate surface area is 109 Å². The highest BCUT2D eigenvalue weighted by atomic mass is 16.3. The molecule has 0 saturated carbocycles. The predicted octanol–water partition coefficient (Wildman–Crippen LogP) is 2.52. The highest BCUT2D eigenvalue weighted by Crippen LogP contribution is 2.17. The highest BCUT2D eigenvalue weighted by molar-refractivity contribution is 5.81. The van der Waals surface area contributed by atoms with E-state index in [2.05, 4.69) is 9.97 Å². The summed E-state index contributed by atoms with van der Waals surface area (Å²) in [5, 5.41) is 19.4. The summed E-state index contributed by atoms with van der Waals surface area (Å²) in [6.07, 6.45) is 1.08. The van der Waals surface area contributed by atoms with Gasteiger partial charge in [-0.25, -0.2) is 4.98 Å². The van der Waals surface area contributed by atoms with Crippen molar-refractivity contribution in [1.82, 2.24) is 9.97 Å². The zero-order valence-electron chi connectivity index (χ0n) is 10.5. The molecule has 5 nitrogen and oxygen atoms in total. The smallest absolute Gasteiger partial charge is 0.259 e. The number of rotatable bonds is 3. The molecule has 2 aromatic rings. The molecule has 96 valence electrons. The summed E-state index contributed by atoms with van der Waals surface area (Å²) in [5.41, 5.74) is 0.195. The fourth-order valence-corrected chi connectivity index (χ4v) is 1.82. The van der Waals surface area contributed by atoms with E-state index in [0.717, 1.165) is 0 Å². The van der Waals surface area contributed by atoms with Crippen LogP contribution >= 0.6 is 0 Å². The monoisotopic (exact) mass is 255 g/mol. The zero-order chi connectivity index (χ0) is 13.8. The first-order chi connectivity index (χ1) is 9.17. The van der Waals surface area contributed by atoms with Gasteiger partial charge in [-0.15, -0.1) is 0 Å². The first kappa shape index (κ1) is 12.8. The first-order valence-electron chi connectivity index (χ1n) is 5.99. The third kappa shape index (κ3) is 2.47. The summed E-state index contributed by atoms with van der Waals surface area (Å²) in [7, 11) is 0. The number of fused-ring (bicyclic) bond motifs is 1. The number of allylic oxidation sites excluding steroid dienone is 2. The maximum Gasteiger partial charge on any atom is 0.259 e. The zero-order valence-corrected chi connectivity index (χ0v) is 10.5. The van der Waals surface area contributed by atoms with E-state index in [1.807, 2.05) is 13.0 Å². The molecule has 1 aromatic carbocycles. The molecular weight excluding hydrogens is 242 g/mol. The van der Waals surface area contributed by atoms with Gasteiger partial charge in [-0.05, 0) is 18.6 Å². The summed E-state index contributed by atoms with van der Waals surface area (Å²) in [4.78, 5) is 18.6. The van der Waals surface area contributed by atoms with Crippen molar-refractivity contribution < 1.29 is 5.11 Å². The van der Waals surface area contributed by atoms with Crippen LogP contribution in [0, 0.1) is 11.3 Å². The van der Waals surface area contributed by atoms with Crippen LogP contribution in [0.3, 0.4) is 0 Å². The van der Waals surface area contributed by atoms with Crippen LogP contribution in [-0.4, -0.2) is 15.1 Å². The van der Waals surface area contributed by atoms with E-state index in [-0.39, 0.29) is 22.7 Å². The number of benzene rings is 1. The Morgan fingerprint density at radius 2 is 2.21 bits per heavy atom. The molecule has 0 radical (unpaired) electrons. The van der Waals surface area contributed by atoms with Crippen molar-refractivity contribution in [3.05, 3.63) is 46.2 Å². The maximum absolute atomic E-state index is 11.9. The molecular formula is C14H13N3O2. The summed E-state index contributed by atoms with van der Waals surface area (Å²) in [6, 6.07) is 8.75. The molecule has 0 aliphatic rings. The van der Waals surface area contributed by atoms with Gasteiger partial charge < -0.3 is 10.1 Å². The first-order valence-corrected chi connectivity index (χ1v) is 5.99. The van der Waals surface area contributed by atoms with Gasteiger partial charge in [0.1, 0.15) is 17.4 Å². The van der Waals surface area contributed by atoms with Crippen LogP contribution in [0.2, 0.25) is 0 Å². The van der Waals surface area contributed by atoms with Crippen LogP contribution in [0.25, 0.3) is 16.5 Å². The highest BCUT2D eigenvalue weighted by Gasteiger charge is 2.12. The van der Waals surface area contributed by atoms with Gasteiger partial charge in [-0.1, -0.05) is 19.1 Å². The van der Waals surface area contributed by atoms with Crippen LogP contribution in [0.5, 0.6) is 0 Å². The summed E-state index contributed by atoms with van der Waals surface area (Å²) >= 11 is 0. The Bertz CT molecular complexity index is 738. The van der Waals surface area contributed by atoms with Gasteiger partial charge in [0.15, 0.2) is 5.82 Å². The number of aromatic amines is 1. The quantitative estimate of drug-likeness (QED) is 0.651.